The van der Waals surface area contributed by atoms with Crippen molar-refractivity contribution in [3.63, 3.8) is 0 Å². The summed E-state index contributed by atoms with van der Waals surface area (Å²) < 4.78 is 8.26. The number of rotatable bonds is 10. The second-order valence-electron chi connectivity index (χ2n) is 8.43. The summed E-state index contributed by atoms with van der Waals surface area (Å²) in [6.45, 7) is 7.57. The van der Waals surface area contributed by atoms with Crippen molar-refractivity contribution in [3.05, 3.63) is 59.4 Å². The number of para-hydroxylation sites is 2. The summed E-state index contributed by atoms with van der Waals surface area (Å²) in [5.41, 5.74) is 2.35. The summed E-state index contributed by atoms with van der Waals surface area (Å²) in [4.78, 5) is 9.95. The molecule has 0 unspecified atom stereocenters. The number of aromatic nitrogens is 2. The minimum absolute atomic E-state index is 0.715. The zero-order chi connectivity index (χ0) is 21.5. The zero-order valence-electron chi connectivity index (χ0n) is 18.5. The number of nitrogens with zero attached hydrogens (tertiary/aromatic N) is 4. The number of fused-ring (bicyclic) bond motifs is 1. The van der Waals surface area contributed by atoms with Crippen molar-refractivity contribution >= 4 is 22.6 Å². The summed E-state index contributed by atoms with van der Waals surface area (Å²) >= 11 is 5.93. The summed E-state index contributed by atoms with van der Waals surface area (Å²) in [7, 11) is 2.21. The van der Waals surface area contributed by atoms with Gasteiger partial charge in [0.1, 0.15) is 11.6 Å². The van der Waals surface area contributed by atoms with Gasteiger partial charge in [-0.15, -0.1) is 0 Å². The molecule has 0 aliphatic carbocycles. The lowest BCUT2D eigenvalue weighted by atomic mass is 10.2. The predicted molar refractivity (Wildman–Crippen MR) is 128 cm³/mol. The summed E-state index contributed by atoms with van der Waals surface area (Å²) in [6, 6.07) is 16.1. The molecule has 2 heterocycles. The van der Waals surface area contributed by atoms with E-state index in [2.05, 4.69) is 45.7 Å². The van der Waals surface area contributed by atoms with Crippen LogP contribution in [0.2, 0.25) is 5.02 Å². The van der Waals surface area contributed by atoms with E-state index in [0.717, 1.165) is 55.1 Å². The minimum atomic E-state index is 0.715. The van der Waals surface area contributed by atoms with Gasteiger partial charge in [0, 0.05) is 44.2 Å². The largest absolute Gasteiger partial charge is 0.494 e. The number of aryl methyl sites for hydroxylation is 2. The van der Waals surface area contributed by atoms with Crippen molar-refractivity contribution in [3.8, 4) is 5.75 Å². The van der Waals surface area contributed by atoms with Gasteiger partial charge in [0.05, 0.1) is 17.6 Å². The Morgan fingerprint density at radius 1 is 0.903 bits per heavy atom. The van der Waals surface area contributed by atoms with Gasteiger partial charge in [-0.05, 0) is 69.3 Å². The van der Waals surface area contributed by atoms with E-state index in [0.29, 0.717) is 6.61 Å². The third-order valence-corrected chi connectivity index (χ3v) is 6.31. The normalized spacial score (nSPS) is 15.5. The number of unbranched alkanes of at least 4 members (excludes halogenated alkanes) is 1. The fourth-order valence-corrected chi connectivity index (χ4v) is 4.32. The minimum Gasteiger partial charge on any atom is -0.494 e. The lowest BCUT2D eigenvalue weighted by molar-refractivity contribution is 0.152. The van der Waals surface area contributed by atoms with E-state index < -0.39 is 0 Å². The second-order valence-corrected chi connectivity index (χ2v) is 8.86. The van der Waals surface area contributed by atoms with Gasteiger partial charge in [-0.1, -0.05) is 23.7 Å². The first-order valence-electron chi connectivity index (χ1n) is 11.4. The van der Waals surface area contributed by atoms with Crippen LogP contribution < -0.4 is 4.74 Å². The van der Waals surface area contributed by atoms with Crippen LogP contribution in [-0.4, -0.2) is 65.7 Å². The molecular weight excluding hydrogens is 408 g/mol. The van der Waals surface area contributed by atoms with E-state index in [9.17, 15) is 0 Å². The lowest BCUT2D eigenvalue weighted by Gasteiger charge is -2.32. The van der Waals surface area contributed by atoms with Crippen LogP contribution in [0.25, 0.3) is 11.0 Å². The maximum atomic E-state index is 5.93. The lowest BCUT2D eigenvalue weighted by Crippen LogP contribution is -2.44. The SMILES string of the molecule is CN1CCN(CCCc2nc3ccccc3n2CCCCOc2ccc(Cl)cc2)CC1. The molecule has 1 aromatic heterocycles. The van der Waals surface area contributed by atoms with Crippen LogP contribution in [0.3, 0.4) is 0 Å². The Balaban J connectivity index is 1.29. The van der Waals surface area contributed by atoms with Crippen LogP contribution in [0.1, 0.15) is 25.1 Å². The number of ether oxygens (including phenoxy) is 1. The Kier molecular flexibility index (Phi) is 7.84. The number of hydrogen-bond acceptors (Lipinski definition) is 4. The van der Waals surface area contributed by atoms with E-state index >= 15 is 0 Å². The molecule has 5 nitrogen and oxygen atoms in total. The number of piperazine rings is 1. The van der Waals surface area contributed by atoms with Crippen LogP contribution in [-0.2, 0) is 13.0 Å². The number of benzene rings is 2. The van der Waals surface area contributed by atoms with Crippen molar-refractivity contribution in [2.24, 2.45) is 0 Å². The van der Waals surface area contributed by atoms with Gasteiger partial charge < -0.3 is 19.1 Å². The molecule has 0 spiro atoms. The number of likely N-dealkylation sites (N-methyl/N-ethyl adjacent to an activating group) is 1. The molecule has 0 saturated carbocycles. The van der Waals surface area contributed by atoms with E-state index in [4.69, 9.17) is 21.3 Å². The molecule has 6 heteroatoms. The molecule has 1 fully saturated rings. The highest BCUT2D eigenvalue weighted by Crippen LogP contribution is 2.19. The maximum Gasteiger partial charge on any atom is 0.119 e. The smallest absolute Gasteiger partial charge is 0.119 e. The predicted octanol–water partition coefficient (Wildman–Crippen LogP) is 4.73. The average Bonchev–Trinajstić information content (AvgIpc) is 3.13. The topological polar surface area (TPSA) is 33.5 Å². The van der Waals surface area contributed by atoms with E-state index in [-0.39, 0.29) is 0 Å². The molecule has 31 heavy (non-hydrogen) atoms. The molecule has 4 rings (SSSR count). The fraction of sp³-hybridized carbons (Fsp3) is 0.480. The van der Waals surface area contributed by atoms with Crippen molar-refractivity contribution < 1.29 is 4.74 Å². The first-order valence-corrected chi connectivity index (χ1v) is 11.8. The second kappa shape index (κ2) is 11.0. The number of halogens is 1. The van der Waals surface area contributed by atoms with Gasteiger partial charge in [-0.2, -0.15) is 0 Å². The van der Waals surface area contributed by atoms with Crippen LogP contribution in [0, 0.1) is 0 Å². The van der Waals surface area contributed by atoms with Crippen molar-refractivity contribution in [2.45, 2.75) is 32.2 Å². The van der Waals surface area contributed by atoms with Gasteiger partial charge in [-0.25, -0.2) is 4.98 Å². The Morgan fingerprint density at radius 2 is 1.68 bits per heavy atom. The Labute approximate surface area is 190 Å². The molecule has 2 aromatic carbocycles. The molecule has 0 atom stereocenters. The zero-order valence-corrected chi connectivity index (χ0v) is 19.2. The van der Waals surface area contributed by atoms with Gasteiger partial charge in [0.25, 0.3) is 0 Å². The van der Waals surface area contributed by atoms with Crippen molar-refractivity contribution in [1.82, 2.24) is 19.4 Å². The highest BCUT2D eigenvalue weighted by Gasteiger charge is 2.14. The van der Waals surface area contributed by atoms with E-state index in [1.165, 1.54) is 37.5 Å². The Hall–Kier alpha value is -2.08. The molecule has 1 saturated heterocycles. The highest BCUT2D eigenvalue weighted by atomic mass is 35.5. The van der Waals surface area contributed by atoms with Gasteiger partial charge in [0.2, 0.25) is 0 Å². The first kappa shape index (κ1) is 22.1. The average molecular weight is 441 g/mol. The van der Waals surface area contributed by atoms with Crippen molar-refractivity contribution in [2.75, 3.05) is 46.4 Å². The van der Waals surface area contributed by atoms with E-state index in [1.807, 2.05) is 24.3 Å². The highest BCUT2D eigenvalue weighted by molar-refractivity contribution is 6.30. The maximum absolute atomic E-state index is 5.93. The Morgan fingerprint density at radius 3 is 2.48 bits per heavy atom. The molecular formula is C25H33ClN4O. The third kappa shape index (κ3) is 6.22. The molecule has 3 aromatic rings. The fourth-order valence-electron chi connectivity index (χ4n) is 4.19. The quantitative estimate of drug-likeness (QED) is 0.427. The third-order valence-electron chi connectivity index (χ3n) is 6.06. The van der Waals surface area contributed by atoms with E-state index in [1.54, 1.807) is 0 Å². The molecule has 1 aliphatic rings. The van der Waals surface area contributed by atoms with Gasteiger partial charge in [0.15, 0.2) is 0 Å². The molecule has 0 bridgehead atoms. The number of hydrogen-bond donors (Lipinski definition) is 0. The van der Waals surface area contributed by atoms with Crippen molar-refractivity contribution in [1.29, 1.82) is 0 Å². The molecule has 166 valence electrons. The molecule has 0 N–H and O–H groups in total. The molecule has 0 amide bonds. The van der Waals surface area contributed by atoms with Gasteiger partial charge in [-0.3, -0.25) is 0 Å². The molecule has 0 radical (unpaired) electrons. The molecule has 1 aliphatic heterocycles. The summed E-state index contributed by atoms with van der Waals surface area (Å²) in [6.07, 6.45) is 4.27. The summed E-state index contributed by atoms with van der Waals surface area (Å²) in [5, 5.41) is 0.736. The monoisotopic (exact) mass is 440 g/mol. The summed E-state index contributed by atoms with van der Waals surface area (Å²) in [5.74, 6) is 2.09. The standard InChI is InChI=1S/C25H33ClN4O/c1-28-16-18-29(19-17-28)14-6-9-25-27-23-7-2-3-8-24(23)30(25)15-4-5-20-31-22-12-10-21(26)11-13-22/h2-3,7-8,10-13H,4-6,9,14-20H2,1H3. The van der Waals surface area contributed by atoms with Crippen LogP contribution in [0.5, 0.6) is 5.75 Å². The number of imidazole rings is 1. The van der Waals surface area contributed by atoms with Gasteiger partial charge >= 0.3 is 0 Å². The van der Waals surface area contributed by atoms with Crippen LogP contribution in [0.15, 0.2) is 48.5 Å². The Bertz CT molecular complexity index is 948. The van der Waals surface area contributed by atoms with Crippen LogP contribution >= 0.6 is 11.6 Å². The first-order chi connectivity index (χ1) is 15.2. The van der Waals surface area contributed by atoms with Crippen LogP contribution in [0.4, 0.5) is 0 Å².